The Morgan fingerprint density at radius 3 is 3.14 bits per heavy atom. The molecule has 0 aromatic heterocycles. The van der Waals surface area contributed by atoms with Crippen LogP contribution in [0, 0.1) is 0 Å². The van der Waals surface area contributed by atoms with Crippen LogP contribution < -0.4 is 5.32 Å². The second-order valence-electron chi connectivity index (χ2n) is 3.28. The van der Waals surface area contributed by atoms with Crippen molar-refractivity contribution in [2.45, 2.75) is 23.8 Å². The monoisotopic (exact) mass is 265 g/mol. The first-order valence-corrected chi connectivity index (χ1v) is 5.70. The number of nitrogens with one attached hydrogen (secondary N) is 1. The molecule has 5 heteroatoms. The van der Waals surface area contributed by atoms with Gasteiger partial charge >= 0.3 is 5.97 Å². The van der Waals surface area contributed by atoms with Crippen molar-refractivity contribution in [3.8, 4) is 0 Å². The number of hydrogen-bond donors (Lipinski definition) is 1. The Bertz CT molecular complexity index is 183. The Labute approximate surface area is 92.5 Å². The molecular formula is C9H16BrNO3. The molecule has 1 N–H and O–H groups in total. The van der Waals surface area contributed by atoms with E-state index < -0.39 is 0 Å². The molecule has 0 aromatic rings. The minimum absolute atomic E-state index is 0.246. The molecule has 2 atom stereocenters. The highest BCUT2D eigenvalue weighted by Gasteiger charge is 2.17. The van der Waals surface area contributed by atoms with Crippen LogP contribution in [0.3, 0.4) is 0 Å². The molecule has 4 nitrogen and oxygen atoms in total. The maximum atomic E-state index is 11.0. The van der Waals surface area contributed by atoms with Gasteiger partial charge < -0.3 is 14.8 Å². The fourth-order valence-corrected chi connectivity index (χ4v) is 1.80. The maximum absolute atomic E-state index is 11.0. The largest absolute Gasteiger partial charge is 0.468 e. The molecule has 2 unspecified atom stereocenters. The lowest BCUT2D eigenvalue weighted by Crippen LogP contribution is -2.34. The van der Waals surface area contributed by atoms with Crippen LogP contribution in [0.5, 0.6) is 0 Å². The third-order valence-corrected chi connectivity index (χ3v) is 2.87. The SMILES string of the molecule is COC(=O)C(Br)CNCC1CCCO1. The molecule has 0 spiro atoms. The van der Waals surface area contributed by atoms with E-state index in [0.717, 1.165) is 26.0 Å². The Kier molecular flexibility index (Phi) is 5.44. The van der Waals surface area contributed by atoms with E-state index >= 15 is 0 Å². The minimum atomic E-state index is -0.270. The van der Waals surface area contributed by atoms with E-state index in [1.165, 1.54) is 7.11 Å². The summed E-state index contributed by atoms with van der Waals surface area (Å²) in [5, 5.41) is 3.17. The molecule has 0 radical (unpaired) electrons. The van der Waals surface area contributed by atoms with E-state index in [1.807, 2.05) is 0 Å². The van der Waals surface area contributed by atoms with E-state index in [-0.39, 0.29) is 10.8 Å². The summed E-state index contributed by atoms with van der Waals surface area (Å²) in [5.74, 6) is -0.246. The zero-order valence-corrected chi connectivity index (χ0v) is 9.88. The van der Waals surface area contributed by atoms with Gasteiger partial charge in [0.25, 0.3) is 0 Å². The predicted octanol–water partition coefficient (Wildman–Crippen LogP) is 0.691. The summed E-state index contributed by atoms with van der Waals surface area (Å²) < 4.78 is 10.0. The van der Waals surface area contributed by atoms with Gasteiger partial charge in [-0.15, -0.1) is 0 Å². The zero-order chi connectivity index (χ0) is 10.4. The van der Waals surface area contributed by atoms with E-state index in [4.69, 9.17) is 4.74 Å². The van der Waals surface area contributed by atoms with Gasteiger partial charge in [-0.05, 0) is 12.8 Å². The Morgan fingerprint density at radius 2 is 2.57 bits per heavy atom. The number of rotatable bonds is 5. The lowest BCUT2D eigenvalue weighted by atomic mass is 10.2. The fraction of sp³-hybridized carbons (Fsp3) is 0.889. The number of esters is 1. The molecule has 0 aliphatic carbocycles. The second-order valence-corrected chi connectivity index (χ2v) is 4.39. The molecule has 82 valence electrons. The van der Waals surface area contributed by atoms with Crippen LogP contribution in [-0.2, 0) is 14.3 Å². The van der Waals surface area contributed by atoms with Crippen molar-refractivity contribution in [3.63, 3.8) is 0 Å². The lowest BCUT2D eigenvalue weighted by Gasteiger charge is -2.12. The van der Waals surface area contributed by atoms with Crippen molar-refractivity contribution in [1.29, 1.82) is 0 Å². The van der Waals surface area contributed by atoms with E-state index in [9.17, 15) is 4.79 Å². The minimum Gasteiger partial charge on any atom is -0.468 e. The highest BCUT2D eigenvalue weighted by atomic mass is 79.9. The molecule has 0 bridgehead atoms. The lowest BCUT2D eigenvalue weighted by molar-refractivity contribution is -0.139. The first kappa shape index (κ1) is 11.9. The van der Waals surface area contributed by atoms with Gasteiger partial charge in [0.1, 0.15) is 4.83 Å². The Balaban J connectivity index is 2.05. The van der Waals surface area contributed by atoms with Gasteiger partial charge in [-0.1, -0.05) is 15.9 Å². The summed E-state index contributed by atoms with van der Waals surface area (Å²) in [6.45, 7) is 2.24. The van der Waals surface area contributed by atoms with Crippen LogP contribution in [0.4, 0.5) is 0 Å². The van der Waals surface area contributed by atoms with Crippen LogP contribution in [0.2, 0.25) is 0 Å². The molecule has 1 heterocycles. The first-order chi connectivity index (χ1) is 6.74. The highest BCUT2D eigenvalue weighted by Crippen LogP contribution is 2.10. The third-order valence-electron chi connectivity index (χ3n) is 2.18. The molecule has 1 aliphatic rings. The quantitative estimate of drug-likeness (QED) is 0.587. The summed E-state index contributed by atoms with van der Waals surface area (Å²) in [4.78, 5) is 10.7. The number of ether oxygens (including phenoxy) is 2. The first-order valence-electron chi connectivity index (χ1n) is 4.78. The smallest absolute Gasteiger partial charge is 0.320 e. The maximum Gasteiger partial charge on any atom is 0.320 e. The summed E-state index contributed by atoms with van der Waals surface area (Å²) in [7, 11) is 1.39. The van der Waals surface area contributed by atoms with Gasteiger partial charge in [0, 0.05) is 19.7 Å². The van der Waals surface area contributed by atoms with Crippen molar-refractivity contribution in [1.82, 2.24) is 5.32 Å². The van der Waals surface area contributed by atoms with Crippen LogP contribution in [0.1, 0.15) is 12.8 Å². The van der Waals surface area contributed by atoms with Crippen LogP contribution in [0.25, 0.3) is 0 Å². The highest BCUT2D eigenvalue weighted by molar-refractivity contribution is 9.10. The molecule has 0 aromatic carbocycles. The molecule has 1 saturated heterocycles. The average molecular weight is 266 g/mol. The Hall–Kier alpha value is -0.130. The number of alkyl halides is 1. The summed E-state index contributed by atoms with van der Waals surface area (Å²) in [6.07, 6.45) is 2.56. The van der Waals surface area contributed by atoms with Crippen molar-refractivity contribution in [3.05, 3.63) is 0 Å². The van der Waals surface area contributed by atoms with Crippen LogP contribution in [-0.4, -0.2) is 43.7 Å². The number of hydrogen-bond acceptors (Lipinski definition) is 4. The van der Waals surface area contributed by atoms with Gasteiger partial charge in [-0.25, -0.2) is 0 Å². The van der Waals surface area contributed by atoms with E-state index in [1.54, 1.807) is 0 Å². The fourth-order valence-electron chi connectivity index (χ4n) is 1.39. The van der Waals surface area contributed by atoms with Gasteiger partial charge in [0.15, 0.2) is 0 Å². The average Bonchev–Trinajstić information content (AvgIpc) is 2.69. The van der Waals surface area contributed by atoms with E-state index in [2.05, 4.69) is 26.0 Å². The summed E-state index contributed by atoms with van der Waals surface area (Å²) in [5.41, 5.74) is 0. The number of carbonyl (C=O) groups excluding carboxylic acids is 1. The zero-order valence-electron chi connectivity index (χ0n) is 8.29. The third kappa shape index (κ3) is 3.94. The van der Waals surface area contributed by atoms with Gasteiger partial charge in [0.05, 0.1) is 13.2 Å². The van der Waals surface area contributed by atoms with Crippen molar-refractivity contribution in [2.24, 2.45) is 0 Å². The number of carbonyl (C=O) groups is 1. The number of halogens is 1. The molecule has 0 saturated carbocycles. The van der Waals surface area contributed by atoms with Crippen molar-refractivity contribution < 1.29 is 14.3 Å². The molecular weight excluding hydrogens is 250 g/mol. The van der Waals surface area contributed by atoms with Crippen LogP contribution in [0.15, 0.2) is 0 Å². The number of methoxy groups -OCH3 is 1. The molecule has 1 fully saturated rings. The topological polar surface area (TPSA) is 47.6 Å². The van der Waals surface area contributed by atoms with Crippen molar-refractivity contribution in [2.75, 3.05) is 26.8 Å². The van der Waals surface area contributed by atoms with Crippen molar-refractivity contribution >= 4 is 21.9 Å². The van der Waals surface area contributed by atoms with Gasteiger partial charge in [0.2, 0.25) is 0 Å². The molecule has 1 rings (SSSR count). The molecule has 0 amide bonds. The summed E-state index contributed by atoms with van der Waals surface area (Å²) >= 11 is 3.24. The predicted molar refractivity (Wildman–Crippen MR) is 56.6 cm³/mol. The van der Waals surface area contributed by atoms with Crippen LogP contribution >= 0.6 is 15.9 Å². The normalized spacial score (nSPS) is 23.4. The second kappa shape index (κ2) is 6.37. The van der Waals surface area contributed by atoms with Gasteiger partial charge in [-0.3, -0.25) is 4.79 Å². The Morgan fingerprint density at radius 1 is 1.79 bits per heavy atom. The standard InChI is InChI=1S/C9H16BrNO3/c1-13-9(12)8(10)6-11-5-7-3-2-4-14-7/h7-8,11H,2-6H2,1H3. The molecule has 14 heavy (non-hydrogen) atoms. The van der Waals surface area contributed by atoms with Gasteiger partial charge in [-0.2, -0.15) is 0 Å². The summed E-state index contributed by atoms with van der Waals surface area (Å²) in [6, 6.07) is 0. The van der Waals surface area contributed by atoms with E-state index in [0.29, 0.717) is 12.6 Å². The molecule has 1 aliphatic heterocycles.